The van der Waals surface area contributed by atoms with Gasteiger partial charge in [0.25, 0.3) is 0 Å². The van der Waals surface area contributed by atoms with E-state index in [1.165, 1.54) is 0 Å². The summed E-state index contributed by atoms with van der Waals surface area (Å²) in [6.45, 7) is 3.54. The van der Waals surface area contributed by atoms with E-state index in [0.29, 0.717) is 19.5 Å². The minimum Gasteiger partial charge on any atom is -0.358 e. The van der Waals surface area contributed by atoms with Crippen LogP contribution in [-0.4, -0.2) is 43.4 Å². The molecule has 5 nitrogen and oxygen atoms in total. The average Bonchev–Trinajstić information content (AvgIpc) is 2.37. The normalized spacial score (nSPS) is 10.2. The van der Waals surface area contributed by atoms with Gasteiger partial charge in [-0.2, -0.15) is 0 Å². The molecule has 5 heteroatoms. The second-order valence-electron chi connectivity index (χ2n) is 4.44. The van der Waals surface area contributed by atoms with Crippen LogP contribution in [0.15, 0.2) is 0 Å². The Balaban J connectivity index is 3.94. The van der Waals surface area contributed by atoms with E-state index in [2.05, 4.69) is 5.32 Å². The molecule has 0 aliphatic heterocycles. The van der Waals surface area contributed by atoms with Crippen molar-refractivity contribution in [3.8, 4) is 0 Å². The van der Waals surface area contributed by atoms with Gasteiger partial charge in [-0.15, -0.1) is 0 Å². The van der Waals surface area contributed by atoms with Crippen LogP contribution >= 0.6 is 0 Å². The summed E-state index contributed by atoms with van der Waals surface area (Å²) in [7, 11) is 1.59. The van der Waals surface area contributed by atoms with Crippen LogP contribution in [0.25, 0.3) is 0 Å². The highest BCUT2D eigenvalue weighted by molar-refractivity contribution is 5.84. The summed E-state index contributed by atoms with van der Waals surface area (Å²) in [6, 6.07) is 0. The molecule has 2 amide bonds. The minimum absolute atomic E-state index is 0.0770. The zero-order chi connectivity index (χ0) is 13.8. The molecule has 0 aromatic heterocycles. The van der Waals surface area contributed by atoms with Gasteiger partial charge in [0.15, 0.2) is 0 Å². The van der Waals surface area contributed by atoms with Crippen molar-refractivity contribution < 1.29 is 9.59 Å². The summed E-state index contributed by atoms with van der Waals surface area (Å²) < 4.78 is 0. The van der Waals surface area contributed by atoms with Gasteiger partial charge in [0, 0.05) is 20.0 Å². The van der Waals surface area contributed by atoms with Crippen LogP contribution in [0.5, 0.6) is 0 Å². The maximum atomic E-state index is 11.9. The SMILES string of the molecule is CCCN(CC(=O)NC)C(=O)CCCCCCN. The number of hydrogen-bond donors (Lipinski definition) is 2. The molecule has 3 N–H and O–H groups in total. The molecule has 0 aromatic rings. The first kappa shape index (κ1) is 16.9. The molecule has 18 heavy (non-hydrogen) atoms. The summed E-state index contributed by atoms with van der Waals surface area (Å²) in [5, 5.41) is 2.55. The third kappa shape index (κ3) is 8.06. The monoisotopic (exact) mass is 257 g/mol. The predicted octanol–water partition coefficient (Wildman–Crippen LogP) is 0.880. The highest BCUT2D eigenvalue weighted by atomic mass is 16.2. The van der Waals surface area contributed by atoms with E-state index in [1.54, 1.807) is 11.9 Å². The first-order valence-electron chi connectivity index (χ1n) is 6.84. The van der Waals surface area contributed by atoms with Gasteiger partial charge in [-0.3, -0.25) is 9.59 Å². The maximum Gasteiger partial charge on any atom is 0.239 e. The van der Waals surface area contributed by atoms with Gasteiger partial charge >= 0.3 is 0 Å². The van der Waals surface area contributed by atoms with E-state index in [4.69, 9.17) is 5.73 Å². The summed E-state index contributed by atoms with van der Waals surface area (Å²) >= 11 is 0. The zero-order valence-corrected chi connectivity index (χ0v) is 11.7. The number of unbranched alkanes of at least 4 members (excludes halogenated alkanes) is 3. The minimum atomic E-state index is -0.111. The molecule has 0 bridgehead atoms. The molecule has 0 aliphatic rings. The number of amides is 2. The van der Waals surface area contributed by atoms with Crippen molar-refractivity contribution in [2.75, 3.05) is 26.7 Å². The van der Waals surface area contributed by atoms with Crippen molar-refractivity contribution in [1.82, 2.24) is 10.2 Å². The number of nitrogens with one attached hydrogen (secondary N) is 1. The van der Waals surface area contributed by atoms with Crippen LogP contribution in [-0.2, 0) is 9.59 Å². The van der Waals surface area contributed by atoms with E-state index in [-0.39, 0.29) is 18.4 Å². The van der Waals surface area contributed by atoms with Gasteiger partial charge in [-0.25, -0.2) is 0 Å². The van der Waals surface area contributed by atoms with Gasteiger partial charge in [0.2, 0.25) is 11.8 Å². The summed E-state index contributed by atoms with van der Waals surface area (Å²) in [4.78, 5) is 24.9. The Hall–Kier alpha value is -1.10. The van der Waals surface area contributed by atoms with Crippen LogP contribution in [0, 0.1) is 0 Å². The molecule has 0 saturated heterocycles. The lowest BCUT2D eigenvalue weighted by Crippen LogP contribution is -2.40. The topological polar surface area (TPSA) is 75.4 Å². The van der Waals surface area contributed by atoms with Crippen molar-refractivity contribution in [2.45, 2.75) is 45.4 Å². The predicted molar refractivity (Wildman–Crippen MR) is 73.1 cm³/mol. The van der Waals surface area contributed by atoms with Crippen LogP contribution in [0.3, 0.4) is 0 Å². The van der Waals surface area contributed by atoms with Crippen LogP contribution in [0.4, 0.5) is 0 Å². The number of carbonyl (C=O) groups is 2. The van der Waals surface area contributed by atoms with Crippen molar-refractivity contribution in [1.29, 1.82) is 0 Å². The molecule has 0 aromatic carbocycles. The van der Waals surface area contributed by atoms with Crippen molar-refractivity contribution >= 4 is 11.8 Å². The van der Waals surface area contributed by atoms with Gasteiger partial charge in [0.05, 0.1) is 6.54 Å². The van der Waals surface area contributed by atoms with Crippen molar-refractivity contribution in [3.63, 3.8) is 0 Å². The highest BCUT2D eigenvalue weighted by Crippen LogP contribution is 2.05. The molecule has 0 radical (unpaired) electrons. The Morgan fingerprint density at radius 3 is 2.39 bits per heavy atom. The number of rotatable bonds is 10. The fraction of sp³-hybridized carbons (Fsp3) is 0.846. The molecule has 0 aliphatic carbocycles. The van der Waals surface area contributed by atoms with Gasteiger partial charge in [0.1, 0.15) is 0 Å². The lowest BCUT2D eigenvalue weighted by atomic mass is 10.1. The molecule has 0 heterocycles. The van der Waals surface area contributed by atoms with Crippen LogP contribution in [0.1, 0.15) is 45.4 Å². The molecular formula is C13H27N3O2. The lowest BCUT2D eigenvalue weighted by molar-refractivity contribution is -0.136. The fourth-order valence-corrected chi connectivity index (χ4v) is 1.75. The second kappa shape index (κ2) is 11.0. The molecule has 0 unspecified atom stereocenters. The molecule has 106 valence electrons. The third-order valence-electron chi connectivity index (χ3n) is 2.80. The van der Waals surface area contributed by atoms with E-state index < -0.39 is 0 Å². The van der Waals surface area contributed by atoms with Crippen LogP contribution in [0.2, 0.25) is 0 Å². The van der Waals surface area contributed by atoms with E-state index in [1.807, 2.05) is 6.92 Å². The van der Waals surface area contributed by atoms with Crippen LogP contribution < -0.4 is 11.1 Å². The second-order valence-corrected chi connectivity index (χ2v) is 4.44. The Morgan fingerprint density at radius 2 is 1.83 bits per heavy atom. The first-order valence-corrected chi connectivity index (χ1v) is 6.84. The largest absolute Gasteiger partial charge is 0.358 e. The van der Waals surface area contributed by atoms with Crippen molar-refractivity contribution in [3.05, 3.63) is 0 Å². The zero-order valence-electron chi connectivity index (χ0n) is 11.7. The molecule has 0 spiro atoms. The standard InChI is InChI=1S/C13H27N3O2/c1-3-10-16(11-12(17)15-2)13(18)8-6-4-5-7-9-14/h3-11,14H2,1-2H3,(H,15,17). The van der Waals surface area contributed by atoms with E-state index in [9.17, 15) is 9.59 Å². The fourth-order valence-electron chi connectivity index (χ4n) is 1.75. The summed E-state index contributed by atoms with van der Waals surface area (Å²) in [6.07, 6.45) is 5.41. The number of carbonyl (C=O) groups excluding carboxylic acids is 2. The molecular weight excluding hydrogens is 230 g/mol. The Labute approximate surface area is 110 Å². The Morgan fingerprint density at radius 1 is 1.17 bits per heavy atom. The molecule has 0 atom stereocenters. The van der Waals surface area contributed by atoms with Gasteiger partial charge in [-0.1, -0.05) is 19.8 Å². The van der Waals surface area contributed by atoms with Gasteiger partial charge in [-0.05, 0) is 25.8 Å². The third-order valence-corrected chi connectivity index (χ3v) is 2.80. The van der Waals surface area contributed by atoms with Crippen molar-refractivity contribution in [2.24, 2.45) is 5.73 Å². The summed E-state index contributed by atoms with van der Waals surface area (Å²) in [5.74, 6) is -0.0341. The summed E-state index contributed by atoms with van der Waals surface area (Å²) in [5.41, 5.74) is 5.41. The Bertz CT molecular complexity index is 244. The number of nitrogens with two attached hydrogens (primary N) is 1. The highest BCUT2D eigenvalue weighted by Gasteiger charge is 2.14. The quantitative estimate of drug-likeness (QED) is 0.570. The first-order chi connectivity index (χ1) is 8.65. The van der Waals surface area contributed by atoms with Gasteiger partial charge < -0.3 is 16.0 Å². The number of hydrogen-bond acceptors (Lipinski definition) is 3. The average molecular weight is 257 g/mol. The smallest absolute Gasteiger partial charge is 0.239 e. The lowest BCUT2D eigenvalue weighted by Gasteiger charge is -2.21. The molecule has 0 fully saturated rings. The molecule has 0 rings (SSSR count). The number of nitrogens with zero attached hydrogens (tertiary/aromatic N) is 1. The number of likely N-dealkylation sites (N-methyl/N-ethyl adjacent to an activating group) is 1. The Kier molecular flexibility index (Phi) is 10.3. The van der Waals surface area contributed by atoms with E-state index in [0.717, 1.165) is 32.1 Å². The maximum absolute atomic E-state index is 11.9. The van der Waals surface area contributed by atoms with E-state index >= 15 is 0 Å². The molecule has 0 saturated carbocycles.